The minimum atomic E-state index is -0.475. The van der Waals surface area contributed by atoms with Crippen molar-refractivity contribution in [2.75, 3.05) is 0 Å². The molecule has 5 heteroatoms. The van der Waals surface area contributed by atoms with E-state index in [1.807, 2.05) is 25.1 Å². The highest BCUT2D eigenvalue weighted by Gasteiger charge is 2.14. The predicted octanol–water partition coefficient (Wildman–Crippen LogP) is 3.78. The van der Waals surface area contributed by atoms with Gasteiger partial charge in [-0.1, -0.05) is 12.1 Å². The van der Waals surface area contributed by atoms with Gasteiger partial charge >= 0.3 is 0 Å². The summed E-state index contributed by atoms with van der Waals surface area (Å²) in [4.78, 5) is 20.1. The van der Waals surface area contributed by atoms with E-state index in [0.717, 1.165) is 16.6 Å². The van der Waals surface area contributed by atoms with Gasteiger partial charge in [0.1, 0.15) is 29.1 Å². The molecule has 4 aromatic rings. The number of H-pyrrole nitrogens is 1. The van der Waals surface area contributed by atoms with E-state index in [1.54, 1.807) is 0 Å². The highest BCUT2D eigenvalue weighted by atomic mass is 19.1. The van der Waals surface area contributed by atoms with E-state index >= 15 is 0 Å². The molecule has 0 unspecified atom stereocenters. The summed E-state index contributed by atoms with van der Waals surface area (Å²) in [5, 5.41) is 0.203. The van der Waals surface area contributed by atoms with Crippen LogP contribution in [0.5, 0.6) is 0 Å². The first kappa shape index (κ1) is 12.8. The number of aryl methyl sites for hydroxylation is 1. The summed E-state index contributed by atoms with van der Waals surface area (Å²) >= 11 is 0. The number of fused-ring (bicyclic) bond motifs is 2. The van der Waals surface area contributed by atoms with Crippen molar-refractivity contribution in [1.82, 2.24) is 9.97 Å². The van der Waals surface area contributed by atoms with Crippen LogP contribution in [-0.4, -0.2) is 9.97 Å². The van der Waals surface area contributed by atoms with Crippen molar-refractivity contribution in [2.24, 2.45) is 0 Å². The molecule has 0 spiro atoms. The number of benzene rings is 2. The number of para-hydroxylation sites is 1. The lowest BCUT2D eigenvalue weighted by molar-refractivity contribution is 0.597. The minimum absolute atomic E-state index is 0.203. The van der Waals surface area contributed by atoms with Gasteiger partial charge in [-0.25, -0.2) is 9.37 Å². The highest BCUT2D eigenvalue weighted by Crippen LogP contribution is 2.22. The number of nitrogens with one attached hydrogen (secondary N) is 1. The summed E-state index contributed by atoms with van der Waals surface area (Å²) in [5.74, 6) is -0.0541. The predicted molar refractivity (Wildman–Crippen MR) is 82.3 cm³/mol. The van der Waals surface area contributed by atoms with Crippen LogP contribution < -0.4 is 5.43 Å². The molecule has 0 radical (unpaired) electrons. The number of hydrogen-bond acceptors (Lipinski definition) is 3. The molecule has 2 heterocycles. The average molecular weight is 294 g/mol. The normalized spacial score (nSPS) is 11.4. The van der Waals surface area contributed by atoms with Crippen molar-refractivity contribution in [2.45, 2.75) is 6.92 Å². The van der Waals surface area contributed by atoms with Crippen molar-refractivity contribution < 1.29 is 8.81 Å². The molecule has 4 nitrogen and oxygen atoms in total. The van der Waals surface area contributed by atoms with E-state index < -0.39 is 5.82 Å². The molecular weight excluding hydrogens is 283 g/mol. The standard InChI is InChI=1S/C17H11FN2O2/c1-9-3-2-4-13-15(9)20-17(19-13)12-8-22-14-6-5-10(18)7-11(14)16(12)21/h2-8H,1H3,(H,19,20). The van der Waals surface area contributed by atoms with Gasteiger partial charge in [-0.2, -0.15) is 0 Å². The second-order valence-corrected chi connectivity index (χ2v) is 5.17. The lowest BCUT2D eigenvalue weighted by Crippen LogP contribution is -2.05. The first-order valence-electron chi connectivity index (χ1n) is 6.80. The van der Waals surface area contributed by atoms with Crippen molar-refractivity contribution >= 4 is 22.0 Å². The summed E-state index contributed by atoms with van der Waals surface area (Å²) in [7, 11) is 0. The Bertz CT molecular complexity index is 1080. The fourth-order valence-corrected chi connectivity index (χ4v) is 2.57. The van der Waals surface area contributed by atoms with Crippen LogP contribution in [0, 0.1) is 12.7 Å². The molecule has 2 aromatic carbocycles. The Balaban J connectivity index is 2.02. The zero-order valence-corrected chi connectivity index (χ0v) is 11.7. The van der Waals surface area contributed by atoms with E-state index in [4.69, 9.17) is 4.42 Å². The third kappa shape index (κ3) is 1.83. The summed E-state index contributed by atoms with van der Waals surface area (Å²) < 4.78 is 18.8. The second-order valence-electron chi connectivity index (χ2n) is 5.17. The maximum absolute atomic E-state index is 13.4. The highest BCUT2D eigenvalue weighted by molar-refractivity contribution is 5.84. The number of aromatic nitrogens is 2. The number of hydrogen-bond donors (Lipinski definition) is 1. The molecule has 0 bridgehead atoms. The number of imidazole rings is 1. The van der Waals surface area contributed by atoms with Gasteiger partial charge in [0.05, 0.1) is 16.4 Å². The smallest absolute Gasteiger partial charge is 0.203 e. The molecule has 0 atom stereocenters. The van der Waals surface area contributed by atoms with Gasteiger partial charge in [0.15, 0.2) is 0 Å². The van der Waals surface area contributed by atoms with Gasteiger partial charge in [-0.3, -0.25) is 4.79 Å². The Morgan fingerprint density at radius 1 is 1.23 bits per heavy atom. The topological polar surface area (TPSA) is 58.9 Å². The van der Waals surface area contributed by atoms with Gasteiger partial charge in [-0.15, -0.1) is 0 Å². The second kappa shape index (κ2) is 4.53. The van der Waals surface area contributed by atoms with E-state index in [-0.39, 0.29) is 16.4 Å². The molecule has 0 saturated heterocycles. The molecule has 0 aliphatic heterocycles. The lowest BCUT2D eigenvalue weighted by Gasteiger charge is -1.99. The van der Waals surface area contributed by atoms with Crippen LogP contribution in [0.3, 0.4) is 0 Å². The van der Waals surface area contributed by atoms with E-state index in [1.165, 1.54) is 24.5 Å². The molecule has 2 aromatic heterocycles. The van der Waals surface area contributed by atoms with E-state index in [9.17, 15) is 9.18 Å². The summed E-state index contributed by atoms with van der Waals surface area (Å²) in [5.41, 5.74) is 3.01. The Morgan fingerprint density at radius 2 is 2.09 bits per heavy atom. The maximum atomic E-state index is 13.4. The third-order valence-electron chi connectivity index (χ3n) is 3.72. The van der Waals surface area contributed by atoms with Crippen LogP contribution in [0.1, 0.15) is 5.56 Å². The first-order chi connectivity index (χ1) is 10.6. The molecular formula is C17H11FN2O2. The molecule has 0 aliphatic carbocycles. The van der Waals surface area contributed by atoms with Crippen LogP contribution in [-0.2, 0) is 0 Å². The van der Waals surface area contributed by atoms with E-state index in [2.05, 4.69) is 9.97 Å². The SMILES string of the molecule is Cc1cccc2nc(-c3coc4ccc(F)cc4c3=O)[nH]c12. The lowest BCUT2D eigenvalue weighted by atomic mass is 10.1. The molecule has 0 saturated carbocycles. The Hall–Kier alpha value is -2.95. The molecule has 22 heavy (non-hydrogen) atoms. The quantitative estimate of drug-likeness (QED) is 0.581. The molecule has 0 aliphatic rings. The van der Waals surface area contributed by atoms with Crippen LogP contribution in [0.2, 0.25) is 0 Å². The molecule has 1 N–H and O–H groups in total. The number of rotatable bonds is 1. The summed E-state index contributed by atoms with van der Waals surface area (Å²) in [6.45, 7) is 1.96. The molecule has 4 rings (SSSR count). The summed E-state index contributed by atoms with van der Waals surface area (Å²) in [6, 6.07) is 9.61. The Kier molecular flexibility index (Phi) is 2.63. The number of aromatic amines is 1. The van der Waals surface area contributed by atoms with Gasteiger partial charge in [0.25, 0.3) is 0 Å². The fraction of sp³-hybridized carbons (Fsp3) is 0.0588. The number of nitrogens with zero attached hydrogens (tertiary/aromatic N) is 1. The minimum Gasteiger partial charge on any atom is -0.463 e. The largest absolute Gasteiger partial charge is 0.463 e. The Morgan fingerprint density at radius 3 is 2.91 bits per heavy atom. The van der Waals surface area contributed by atoms with Crippen LogP contribution >= 0.6 is 0 Å². The van der Waals surface area contributed by atoms with Gasteiger partial charge in [0, 0.05) is 0 Å². The monoisotopic (exact) mass is 294 g/mol. The molecule has 108 valence electrons. The molecule has 0 fully saturated rings. The zero-order valence-electron chi connectivity index (χ0n) is 11.7. The van der Waals surface area contributed by atoms with Crippen molar-refractivity contribution in [3.05, 3.63) is 64.3 Å². The van der Waals surface area contributed by atoms with Crippen LogP contribution in [0.4, 0.5) is 4.39 Å². The zero-order chi connectivity index (χ0) is 15.3. The van der Waals surface area contributed by atoms with Crippen molar-refractivity contribution in [3.8, 4) is 11.4 Å². The van der Waals surface area contributed by atoms with Crippen LogP contribution in [0.25, 0.3) is 33.4 Å². The average Bonchev–Trinajstić information content (AvgIpc) is 2.93. The van der Waals surface area contributed by atoms with Gasteiger partial charge in [0.2, 0.25) is 5.43 Å². The third-order valence-corrected chi connectivity index (χ3v) is 3.72. The van der Waals surface area contributed by atoms with Gasteiger partial charge < -0.3 is 9.40 Å². The van der Waals surface area contributed by atoms with Crippen LogP contribution in [0.15, 0.2) is 51.9 Å². The first-order valence-corrected chi connectivity index (χ1v) is 6.80. The number of halogens is 1. The van der Waals surface area contributed by atoms with Crippen molar-refractivity contribution in [1.29, 1.82) is 0 Å². The van der Waals surface area contributed by atoms with Crippen molar-refractivity contribution in [3.63, 3.8) is 0 Å². The molecule has 0 amide bonds. The Labute approximate surface area is 124 Å². The van der Waals surface area contributed by atoms with E-state index in [0.29, 0.717) is 11.4 Å². The fourth-order valence-electron chi connectivity index (χ4n) is 2.57. The van der Waals surface area contributed by atoms with Gasteiger partial charge in [-0.05, 0) is 36.8 Å². The summed E-state index contributed by atoms with van der Waals surface area (Å²) in [6.07, 6.45) is 1.36. The maximum Gasteiger partial charge on any atom is 0.203 e.